The molecule has 1 amide bonds. The maximum Gasteiger partial charge on any atom is 0.280 e. The highest BCUT2D eigenvalue weighted by molar-refractivity contribution is 5.83. The van der Waals surface area contributed by atoms with Gasteiger partial charge in [-0.3, -0.25) is 4.79 Å². The minimum absolute atomic E-state index is 0.378. The maximum absolute atomic E-state index is 11.8. The maximum atomic E-state index is 11.8. The molecule has 116 valence electrons. The number of hydrogen-bond donors (Lipinski definition) is 1. The molecule has 1 aromatic carbocycles. The molecule has 0 aliphatic carbocycles. The molecule has 6 nitrogen and oxygen atoms in total. The molecule has 1 N–H and O–H groups in total. The van der Waals surface area contributed by atoms with Crippen molar-refractivity contribution in [1.82, 2.24) is 5.43 Å². The SMILES string of the molecule is C[C@H](Oc1ccc(C#N)cc1)C(=O)NN=C/C=C\c1ccco1. The van der Waals surface area contributed by atoms with Gasteiger partial charge in [-0.1, -0.05) is 0 Å². The molecule has 2 rings (SSSR count). The first-order chi connectivity index (χ1) is 11.2. The van der Waals surface area contributed by atoms with Crippen molar-refractivity contribution in [3.63, 3.8) is 0 Å². The van der Waals surface area contributed by atoms with E-state index in [0.717, 1.165) is 0 Å². The fourth-order valence-electron chi connectivity index (χ4n) is 1.62. The molecule has 0 radical (unpaired) electrons. The summed E-state index contributed by atoms with van der Waals surface area (Å²) in [5.41, 5.74) is 2.91. The van der Waals surface area contributed by atoms with E-state index in [1.807, 2.05) is 6.07 Å². The monoisotopic (exact) mass is 309 g/mol. The molecule has 2 aromatic rings. The number of carbonyl (C=O) groups excluding carboxylic acids is 1. The second-order valence-electron chi connectivity index (χ2n) is 4.53. The van der Waals surface area contributed by atoms with Gasteiger partial charge in [0.2, 0.25) is 0 Å². The predicted molar refractivity (Wildman–Crippen MR) is 85.6 cm³/mol. The predicted octanol–water partition coefficient (Wildman–Crippen LogP) is 2.73. The van der Waals surface area contributed by atoms with Crippen LogP contribution >= 0.6 is 0 Å². The number of allylic oxidation sites excluding steroid dienone is 1. The van der Waals surface area contributed by atoms with Gasteiger partial charge >= 0.3 is 0 Å². The lowest BCUT2D eigenvalue weighted by molar-refractivity contribution is -0.127. The number of furan rings is 1. The second-order valence-corrected chi connectivity index (χ2v) is 4.53. The highest BCUT2D eigenvalue weighted by Crippen LogP contribution is 2.13. The van der Waals surface area contributed by atoms with Crippen molar-refractivity contribution >= 4 is 18.2 Å². The lowest BCUT2D eigenvalue weighted by Crippen LogP contribution is -2.33. The third kappa shape index (κ3) is 5.17. The first-order valence-electron chi connectivity index (χ1n) is 6.89. The number of benzene rings is 1. The molecule has 6 heteroatoms. The summed E-state index contributed by atoms with van der Waals surface area (Å²) in [6, 6.07) is 12.1. The summed E-state index contributed by atoms with van der Waals surface area (Å²) in [6.07, 6.45) is 5.65. The van der Waals surface area contributed by atoms with Gasteiger partial charge in [-0.05, 0) is 55.5 Å². The van der Waals surface area contributed by atoms with E-state index in [1.54, 1.807) is 61.7 Å². The van der Waals surface area contributed by atoms with Crippen molar-refractivity contribution in [3.05, 3.63) is 60.1 Å². The van der Waals surface area contributed by atoms with Crippen LogP contribution in [-0.4, -0.2) is 18.2 Å². The molecule has 0 saturated heterocycles. The van der Waals surface area contributed by atoms with Crippen LogP contribution < -0.4 is 10.2 Å². The van der Waals surface area contributed by atoms with Crippen molar-refractivity contribution < 1.29 is 13.9 Å². The molecular formula is C17H15N3O3. The van der Waals surface area contributed by atoms with Gasteiger partial charge in [0.15, 0.2) is 6.10 Å². The van der Waals surface area contributed by atoms with Crippen molar-refractivity contribution in [2.45, 2.75) is 13.0 Å². The van der Waals surface area contributed by atoms with Crippen LogP contribution in [0.1, 0.15) is 18.2 Å². The van der Waals surface area contributed by atoms with E-state index in [4.69, 9.17) is 14.4 Å². The zero-order chi connectivity index (χ0) is 16.5. The van der Waals surface area contributed by atoms with Crippen LogP contribution in [0.4, 0.5) is 0 Å². The van der Waals surface area contributed by atoms with E-state index in [0.29, 0.717) is 17.1 Å². The molecule has 0 spiro atoms. The fourth-order valence-corrected chi connectivity index (χ4v) is 1.62. The summed E-state index contributed by atoms with van der Waals surface area (Å²) < 4.78 is 10.6. The van der Waals surface area contributed by atoms with Crippen LogP contribution in [0.2, 0.25) is 0 Å². The van der Waals surface area contributed by atoms with Gasteiger partial charge in [-0.25, -0.2) is 5.43 Å². The second kappa shape index (κ2) is 8.20. The minimum Gasteiger partial charge on any atom is -0.481 e. The number of rotatable bonds is 6. The standard InChI is InChI=1S/C17H15N3O3/c1-13(23-16-8-6-14(12-18)7-9-16)17(21)20-19-10-2-4-15-5-3-11-22-15/h2-11,13H,1H3,(H,20,21)/b4-2-,19-10?/t13-/m0/s1. The average Bonchev–Trinajstić information content (AvgIpc) is 3.08. The third-order valence-corrected chi connectivity index (χ3v) is 2.80. The van der Waals surface area contributed by atoms with Crippen molar-refractivity contribution in [2.75, 3.05) is 0 Å². The molecule has 0 aliphatic rings. The fraction of sp³-hybridized carbons (Fsp3) is 0.118. The van der Waals surface area contributed by atoms with E-state index in [2.05, 4.69) is 10.5 Å². The normalized spacial score (nSPS) is 12.2. The summed E-state index contributed by atoms with van der Waals surface area (Å²) in [5, 5.41) is 12.5. The topological polar surface area (TPSA) is 87.6 Å². The molecule has 0 saturated carbocycles. The van der Waals surface area contributed by atoms with E-state index in [1.165, 1.54) is 6.21 Å². The highest BCUT2D eigenvalue weighted by atomic mass is 16.5. The first-order valence-corrected chi connectivity index (χ1v) is 6.89. The average molecular weight is 309 g/mol. The summed E-state index contributed by atoms with van der Waals surface area (Å²) in [7, 11) is 0. The Hall–Kier alpha value is -3.33. The summed E-state index contributed by atoms with van der Waals surface area (Å²) in [6.45, 7) is 1.61. The van der Waals surface area contributed by atoms with E-state index < -0.39 is 6.10 Å². The molecule has 23 heavy (non-hydrogen) atoms. The largest absolute Gasteiger partial charge is 0.481 e. The Balaban J connectivity index is 1.79. The molecular weight excluding hydrogens is 294 g/mol. The van der Waals surface area contributed by atoms with Crippen molar-refractivity contribution in [3.8, 4) is 11.8 Å². The quantitative estimate of drug-likeness (QED) is 0.656. The summed E-state index contributed by atoms with van der Waals surface area (Å²) >= 11 is 0. The van der Waals surface area contributed by atoms with Gasteiger partial charge < -0.3 is 9.15 Å². The Labute approximate surface area is 133 Å². The minimum atomic E-state index is -0.714. The zero-order valence-corrected chi connectivity index (χ0v) is 12.5. The Morgan fingerprint density at radius 2 is 2.17 bits per heavy atom. The van der Waals surface area contributed by atoms with Gasteiger partial charge in [0.25, 0.3) is 5.91 Å². The Morgan fingerprint density at radius 1 is 1.39 bits per heavy atom. The van der Waals surface area contributed by atoms with E-state index in [9.17, 15) is 4.79 Å². The molecule has 0 bridgehead atoms. The molecule has 0 aliphatic heterocycles. The Morgan fingerprint density at radius 3 is 2.83 bits per heavy atom. The van der Waals surface area contributed by atoms with E-state index >= 15 is 0 Å². The molecule has 0 fully saturated rings. The number of carbonyl (C=O) groups is 1. The summed E-state index contributed by atoms with van der Waals surface area (Å²) in [5.74, 6) is 0.825. The number of nitriles is 1. The van der Waals surface area contributed by atoms with Crippen LogP contribution in [0.5, 0.6) is 5.75 Å². The van der Waals surface area contributed by atoms with Gasteiger partial charge in [-0.15, -0.1) is 0 Å². The van der Waals surface area contributed by atoms with Crippen molar-refractivity contribution in [1.29, 1.82) is 5.26 Å². The van der Waals surface area contributed by atoms with Gasteiger partial charge in [0, 0.05) is 6.21 Å². The van der Waals surface area contributed by atoms with Gasteiger partial charge in [0.05, 0.1) is 17.9 Å². The molecule has 1 aromatic heterocycles. The van der Waals surface area contributed by atoms with Crippen LogP contribution in [0.15, 0.2) is 58.3 Å². The Bertz CT molecular complexity index is 725. The molecule has 0 unspecified atom stereocenters. The van der Waals surface area contributed by atoms with Crippen LogP contribution in [0.25, 0.3) is 6.08 Å². The van der Waals surface area contributed by atoms with Crippen LogP contribution in [0.3, 0.4) is 0 Å². The van der Waals surface area contributed by atoms with Gasteiger partial charge in [-0.2, -0.15) is 10.4 Å². The number of hydrogen-bond acceptors (Lipinski definition) is 5. The number of nitrogens with zero attached hydrogens (tertiary/aromatic N) is 2. The first kappa shape index (κ1) is 16.0. The van der Waals surface area contributed by atoms with E-state index in [-0.39, 0.29) is 5.91 Å². The van der Waals surface area contributed by atoms with Crippen LogP contribution in [-0.2, 0) is 4.79 Å². The number of nitrogens with one attached hydrogen (secondary N) is 1. The lowest BCUT2D eigenvalue weighted by Gasteiger charge is -2.12. The molecule has 1 atom stereocenters. The van der Waals surface area contributed by atoms with Gasteiger partial charge in [0.1, 0.15) is 11.5 Å². The number of ether oxygens (including phenoxy) is 1. The number of hydrazone groups is 1. The number of amides is 1. The zero-order valence-electron chi connectivity index (χ0n) is 12.5. The molecule has 1 heterocycles. The van der Waals surface area contributed by atoms with Crippen molar-refractivity contribution in [2.24, 2.45) is 5.10 Å². The lowest BCUT2D eigenvalue weighted by atomic mass is 10.2. The smallest absolute Gasteiger partial charge is 0.280 e. The third-order valence-electron chi connectivity index (χ3n) is 2.80. The Kier molecular flexibility index (Phi) is 5.72. The summed E-state index contributed by atoms with van der Waals surface area (Å²) in [4.78, 5) is 11.8. The van der Waals surface area contributed by atoms with Crippen LogP contribution in [0, 0.1) is 11.3 Å². The highest BCUT2D eigenvalue weighted by Gasteiger charge is 2.13.